The lowest BCUT2D eigenvalue weighted by Crippen LogP contribution is -2.33. The second kappa shape index (κ2) is 5.54. The van der Waals surface area contributed by atoms with Crippen LogP contribution in [0.4, 0.5) is 5.69 Å². The maximum absolute atomic E-state index is 11.1. The van der Waals surface area contributed by atoms with Gasteiger partial charge >= 0.3 is 0 Å². The van der Waals surface area contributed by atoms with E-state index in [4.69, 9.17) is 11.6 Å². The van der Waals surface area contributed by atoms with E-state index < -0.39 is 0 Å². The maximum Gasteiger partial charge on any atom is 0.152 e. The molecule has 17 heavy (non-hydrogen) atoms. The standard InChI is InChI=1S/C14H18ClNO/c1-16(13-5-3-2-4-6-13)14-9-12(15)8-7-11(14)10-17/h7-10,13H,2-6H2,1H3. The fraction of sp³-hybridized carbons (Fsp3) is 0.500. The lowest BCUT2D eigenvalue weighted by atomic mass is 9.94. The van der Waals surface area contributed by atoms with Gasteiger partial charge < -0.3 is 4.90 Å². The summed E-state index contributed by atoms with van der Waals surface area (Å²) in [5.41, 5.74) is 1.68. The summed E-state index contributed by atoms with van der Waals surface area (Å²) in [5, 5.41) is 0.688. The minimum absolute atomic E-state index is 0.543. The van der Waals surface area contributed by atoms with Gasteiger partial charge in [0.1, 0.15) is 0 Å². The molecule has 2 nitrogen and oxygen atoms in total. The molecule has 0 heterocycles. The molecule has 0 amide bonds. The number of halogens is 1. The van der Waals surface area contributed by atoms with Crippen LogP contribution in [-0.2, 0) is 0 Å². The molecule has 0 aromatic heterocycles. The van der Waals surface area contributed by atoms with Crippen molar-refractivity contribution in [2.24, 2.45) is 0 Å². The van der Waals surface area contributed by atoms with E-state index in [1.807, 2.05) is 6.07 Å². The van der Waals surface area contributed by atoms with Crippen LogP contribution in [0, 0.1) is 0 Å². The van der Waals surface area contributed by atoms with Gasteiger partial charge in [0.25, 0.3) is 0 Å². The van der Waals surface area contributed by atoms with Crippen molar-refractivity contribution in [1.82, 2.24) is 0 Å². The fourth-order valence-corrected chi connectivity index (χ4v) is 2.75. The summed E-state index contributed by atoms with van der Waals surface area (Å²) in [6, 6.07) is 5.99. The van der Waals surface area contributed by atoms with Gasteiger partial charge in [-0.05, 0) is 31.0 Å². The number of hydrogen-bond acceptors (Lipinski definition) is 2. The first-order valence-electron chi connectivity index (χ1n) is 6.20. The van der Waals surface area contributed by atoms with Crippen LogP contribution >= 0.6 is 11.6 Å². The zero-order valence-corrected chi connectivity index (χ0v) is 10.9. The van der Waals surface area contributed by atoms with Crippen LogP contribution in [0.3, 0.4) is 0 Å². The first kappa shape index (κ1) is 12.4. The second-order valence-electron chi connectivity index (χ2n) is 4.72. The topological polar surface area (TPSA) is 20.3 Å². The Morgan fingerprint density at radius 3 is 2.65 bits per heavy atom. The molecule has 1 fully saturated rings. The molecule has 92 valence electrons. The summed E-state index contributed by atoms with van der Waals surface area (Å²) in [6.45, 7) is 0. The maximum atomic E-state index is 11.1. The van der Waals surface area contributed by atoms with Crippen LogP contribution in [-0.4, -0.2) is 19.4 Å². The van der Waals surface area contributed by atoms with Gasteiger partial charge in [0.2, 0.25) is 0 Å². The van der Waals surface area contributed by atoms with Gasteiger partial charge in [0.05, 0.1) is 0 Å². The van der Waals surface area contributed by atoms with Crippen molar-refractivity contribution < 1.29 is 4.79 Å². The number of aldehydes is 1. The molecule has 1 aliphatic carbocycles. The number of rotatable bonds is 3. The molecule has 0 radical (unpaired) electrons. The summed E-state index contributed by atoms with van der Waals surface area (Å²) in [5.74, 6) is 0. The molecule has 0 N–H and O–H groups in total. The molecular weight excluding hydrogens is 234 g/mol. The number of carbonyl (C=O) groups is 1. The zero-order valence-electron chi connectivity index (χ0n) is 10.2. The van der Waals surface area contributed by atoms with Crippen LogP contribution < -0.4 is 4.90 Å². The average Bonchev–Trinajstić information content (AvgIpc) is 2.39. The van der Waals surface area contributed by atoms with E-state index in [-0.39, 0.29) is 0 Å². The third-order valence-corrected chi connectivity index (χ3v) is 3.86. The molecule has 0 atom stereocenters. The van der Waals surface area contributed by atoms with E-state index in [9.17, 15) is 4.79 Å². The van der Waals surface area contributed by atoms with Crippen molar-refractivity contribution in [3.63, 3.8) is 0 Å². The Morgan fingerprint density at radius 2 is 2.00 bits per heavy atom. The van der Waals surface area contributed by atoms with Crippen molar-refractivity contribution in [2.75, 3.05) is 11.9 Å². The lowest BCUT2D eigenvalue weighted by Gasteiger charge is -2.33. The van der Waals surface area contributed by atoms with Crippen LogP contribution in [0.2, 0.25) is 5.02 Å². The molecule has 0 aliphatic heterocycles. The van der Waals surface area contributed by atoms with Crippen molar-refractivity contribution in [2.45, 2.75) is 38.1 Å². The number of carbonyl (C=O) groups excluding carboxylic acids is 1. The van der Waals surface area contributed by atoms with Gasteiger partial charge in [-0.15, -0.1) is 0 Å². The second-order valence-corrected chi connectivity index (χ2v) is 5.16. The molecule has 0 unspecified atom stereocenters. The Bertz CT molecular complexity index is 399. The summed E-state index contributed by atoms with van der Waals surface area (Å²) in [4.78, 5) is 13.3. The molecule has 1 saturated carbocycles. The Kier molecular flexibility index (Phi) is 4.06. The van der Waals surface area contributed by atoms with E-state index >= 15 is 0 Å². The molecular formula is C14H18ClNO. The summed E-state index contributed by atoms with van der Waals surface area (Å²) < 4.78 is 0. The number of nitrogens with zero attached hydrogens (tertiary/aromatic N) is 1. The van der Waals surface area contributed by atoms with Gasteiger partial charge in [-0.25, -0.2) is 0 Å². The number of hydrogen-bond donors (Lipinski definition) is 0. The van der Waals surface area contributed by atoms with Crippen LogP contribution in [0.25, 0.3) is 0 Å². The SMILES string of the molecule is CN(c1cc(Cl)ccc1C=O)C1CCCCC1. The smallest absolute Gasteiger partial charge is 0.152 e. The molecule has 0 spiro atoms. The summed E-state index contributed by atoms with van der Waals surface area (Å²) in [6.07, 6.45) is 7.23. The molecule has 0 bridgehead atoms. The minimum atomic E-state index is 0.543. The highest BCUT2D eigenvalue weighted by atomic mass is 35.5. The van der Waals surface area contributed by atoms with E-state index in [2.05, 4.69) is 11.9 Å². The van der Waals surface area contributed by atoms with E-state index in [0.717, 1.165) is 17.5 Å². The first-order valence-corrected chi connectivity index (χ1v) is 6.57. The van der Waals surface area contributed by atoms with Gasteiger partial charge in [-0.3, -0.25) is 4.79 Å². The highest BCUT2D eigenvalue weighted by Crippen LogP contribution is 2.29. The quantitative estimate of drug-likeness (QED) is 0.759. The highest BCUT2D eigenvalue weighted by Gasteiger charge is 2.20. The molecule has 3 heteroatoms. The predicted octanol–water partition coefficient (Wildman–Crippen LogP) is 3.92. The normalized spacial score (nSPS) is 16.8. The van der Waals surface area contributed by atoms with Crippen molar-refractivity contribution in [1.29, 1.82) is 0 Å². The van der Waals surface area contributed by atoms with Crippen LogP contribution in [0.5, 0.6) is 0 Å². The fourth-order valence-electron chi connectivity index (χ4n) is 2.59. The first-order chi connectivity index (χ1) is 8.22. The van der Waals surface area contributed by atoms with Gasteiger partial charge in [-0.2, -0.15) is 0 Å². The monoisotopic (exact) mass is 251 g/mol. The molecule has 1 aromatic rings. The van der Waals surface area contributed by atoms with Gasteiger partial charge in [0.15, 0.2) is 6.29 Å². The molecule has 2 rings (SSSR count). The van der Waals surface area contributed by atoms with E-state index in [1.165, 1.54) is 32.1 Å². The van der Waals surface area contributed by atoms with Crippen molar-refractivity contribution in [3.05, 3.63) is 28.8 Å². The number of benzene rings is 1. The highest BCUT2D eigenvalue weighted by molar-refractivity contribution is 6.31. The number of anilines is 1. The molecule has 0 saturated heterocycles. The predicted molar refractivity (Wildman–Crippen MR) is 72.1 cm³/mol. The third-order valence-electron chi connectivity index (χ3n) is 3.62. The Labute approximate surface area is 108 Å². The Balaban J connectivity index is 2.24. The van der Waals surface area contributed by atoms with Crippen molar-refractivity contribution in [3.8, 4) is 0 Å². The van der Waals surface area contributed by atoms with Crippen LogP contribution in [0.1, 0.15) is 42.5 Å². The third kappa shape index (κ3) is 2.81. The molecule has 1 aliphatic rings. The van der Waals surface area contributed by atoms with Gasteiger partial charge in [0, 0.05) is 29.4 Å². The Hall–Kier alpha value is -1.02. The zero-order chi connectivity index (χ0) is 12.3. The largest absolute Gasteiger partial charge is 0.371 e. The Morgan fingerprint density at radius 1 is 1.29 bits per heavy atom. The average molecular weight is 252 g/mol. The van der Waals surface area contributed by atoms with Gasteiger partial charge in [-0.1, -0.05) is 30.9 Å². The summed E-state index contributed by atoms with van der Waals surface area (Å²) in [7, 11) is 2.06. The molecule has 1 aromatic carbocycles. The van der Waals surface area contributed by atoms with E-state index in [1.54, 1.807) is 12.1 Å². The lowest BCUT2D eigenvalue weighted by molar-refractivity contribution is 0.112. The van der Waals surface area contributed by atoms with Crippen molar-refractivity contribution >= 4 is 23.6 Å². The van der Waals surface area contributed by atoms with E-state index in [0.29, 0.717) is 11.1 Å². The van der Waals surface area contributed by atoms with Crippen LogP contribution in [0.15, 0.2) is 18.2 Å². The minimum Gasteiger partial charge on any atom is -0.371 e. The summed E-state index contributed by atoms with van der Waals surface area (Å²) >= 11 is 6.01.